The zero-order chi connectivity index (χ0) is 10.7. The highest BCUT2D eigenvalue weighted by Gasteiger charge is 2.01. The average Bonchev–Trinajstić information content (AvgIpc) is 2.24. The van der Waals surface area contributed by atoms with Gasteiger partial charge in [-0.15, -0.1) is 0 Å². The van der Waals surface area contributed by atoms with E-state index < -0.39 is 0 Å². The molecule has 0 saturated carbocycles. The third-order valence-electron chi connectivity index (χ3n) is 2.21. The zero-order valence-electron chi connectivity index (χ0n) is 8.15. The lowest BCUT2D eigenvalue weighted by Crippen LogP contribution is -1.96. The lowest BCUT2D eigenvalue weighted by atomic mass is 10.1. The van der Waals surface area contributed by atoms with Crippen molar-refractivity contribution in [3.8, 4) is 0 Å². The number of hydrogen-bond acceptors (Lipinski definition) is 2. The number of aromatic nitrogens is 1. The van der Waals surface area contributed by atoms with Crippen molar-refractivity contribution in [1.29, 1.82) is 0 Å². The maximum Gasteiger partial charge on any atom is 0.0448 e. The molecule has 0 bridgehead atoms. The first-order valence-electron chi connectivity index (χ1n) is 4.69. The minimum atomic E-state index is 0.664. The van der Waals surface area contributed by atoms with Crippen molar-refractivity contribution in [3.05, 3.63) is 58.9 Å². The van der Waals surface area contributed by atoms with Crippen LogP contribution in [-0.2, 0) is 6.42 Å². The monoisotopic (exact) mass is 218 g/mol. The molecule has 0 aliphatic carbocycles. The van der Waals surface area contributed by atoms with Crippen molar-refractivity contribution in [2.24, 2.45) is 0 Å². The van der Waals surface area contributed by atoms with Crippen LogP contribution in [0.2, 0.25) is 5.02 Å². The zero-order valence-corrected chi connectivity index (χ0v) is 8.91. The predicted octanol–water partition coefficient (Wildman–Crippen LogP) is 2.91. The highest BCUT2D eigenvalue weighted by Crippen LogP contribution is 2.20. The van der Waals surface area contributed by atoms with Gasteiger partial charge in [-0.25, -0.2) is 0 Å². The second kappa shape index (κ2) is 4.32. The van der Waals surface area contributed by atoms with Gasteiger partial charge in [-0.05, 0) is 29.8 Å². The Labute approximate surface area is 93.7 Å². The second-order valence-electron chi connectivity index (χ2n) is 3.34. The maximum atomic E-state index is 5.86. The fraction of sp³-hybridized carbons (Fsp3) is 0.0833. The van der Waals surface area contributed by atoms with Crippen molar-refractivity contribution in [2.45, 2.75) is 6.42 Å². The van der Waals surface area contributed by atoms with Gasteiger partial charge in [0.1, 0.15) is 0 Å². The van der Waals surface area contributed by atoms with Crippen molar-refractivity contribution in [1.82, 2.24) is 4.98 Å². The number of halogens is 1. The fourth-order valence-electron chi connectivity index (χ4n) is 1.42. The minimum Gasteiger partial charge on any atom is -0.398 e. The Kier molecular flexibility index (Phi) is 2.88. The molecule has 2 N–H and O–H groups in total. The largest absolute Gasteiger partial charge is 0.398 e. The van der Waals surface area contributed by atoms with Gasteiger partial charge in [-0.3, -0.25) is 4.98 Å². The molecule has 0 aliphatic rings. The van der Waals surface area contributed by atoms with Crippen molar-refractivity contribution >= 4 is 17.3 Å². The first-order valence-corrected chi connectivity index (χ1v) is 5.07. The molecule has 76 valence electrons. The third-order valence-corrected chi connectivity index (χ3v) is 2.44. The summed E-state index contributed by atoms with van der Waals surface area (Å²) in [7, 11) is 0. The third kappa shape index (κ3) is 2.48. The first kappa shape index (κ1) is 9.99. The van der Waals surface area contributed by atoms with E-state index in [1.54, 1.807) is 12.3 Å². The van der Waals surface area contributed by atoms with Gasteiger partial charge in [-0.1, -0.05) is 23.7 Å². The Morgan fingerprint density at radius 2 is 2.07 bits per heavy atom. The Bertz CT molecular complexity index is 454. The van der Waals surface area contributed by atoms with Crippen LogP contribution in [-0.4, -0.2) is 4.98 Å². The molecule has 1 heterocycles. The van der Waals surface area contributed by atoms with Crippen LogP contribution < -0.4 is 5.73 Å². The van der Waals surface area contributed by atoms with E-state index in [4.69, 9.17) is 17.3 Å². The standard InChI is InChI=1S/C12H11ClN2/c13-10-5-4-9(12(14)8-10)7-11-3-1-2-6-15-11/h1-6,8H,7,14H2. The van der Waals surface area contributed by atoms with Gasteiger partial charge in [0, 0.05) is 29.0 Å². The highest BCUT2D eigenvalue weighted by molar-refractivity contribution is 6.30. The summed E-state index contributed by atoms with van der Waals surface area (Å²) in [6.07, 6.45) is 2.52. The van der Waals surface area contributed by atoms with Gasteiger partial charge < -0.3 is 5.73 Å². The van der Waals surface area contributed by atoms with Crippen LogP contribution in [0.15, 0.2) is 42.6 Å². The van der Waals surface area contributed by atoms with E-state index >= 15 is 0 Å². The molecule has 3 heteroatoms. The summed E-state index contributed by atoms with van der Waals surface area (Å²) in [5.41, 5.74) is 8.63. The molecule has 0 spiro atoms. The minimum absolute atomic E-state index is 0.664. The molecular weight excluding hydrogens is 208 g/mol. The summed E-state index contributed by atoms with van der Waals surface area (Å²) >= 11 is 5.82. The first-order chi connectivity index (χ1) is 7.25. The molecule has 2 rings (SSSR count). The van der Waals surface area contributed by atoms with Crippen molar-refractivity contribution in [3.63, 3.8) is 0 Å². The lowest BCUT2D eigenvalue weighted by molar-refractivity contribution is 1.08. The van der Waals surface area contributed by atoms with Gasteiger partial charge in [-0.2, -0.15) is 0 Å². The SMILES string of the molecule is Nc1cc(Cl)ccc1Cc1ccccn1. The van der Waals surface area contributed by atoms with Crippen molar-refractivity contribution in [2.75, 3.05) is 5.73 Å². The molecule has 0 unspecified atom stereocenters. The van der Waals surface area contributed by atoms with Crippen LogP contribution in [0.25, 0.3) is 0 Å². The molecule has 0 fully saturated rings. The van der Waals surface area contributed by atoms with Crippen LogP contribution in [0.5, 0.6) is 0 Å². The molecule has 0 saturated heterocycles. The van der Waals surface area contributed by atoms with E-state index in [9.17, 15) is 0 Å². The van der Waals surface area contributed by atoms with Crippen molar-refractivity contribution < 1.29 is 0 Å². The van der Waals surface area contributed by atoms with Crippen LogP contribution >= 0.6 is 11.6 Å². The van der Waals surface area contributed by atoms with Crippen LogP contribution in [0.1, 0.15) is 11.3 Å². The van der Waals surface area contributed by atoms with Gasteiger partial charge in [0.15, 0.2) is 0 Å². The number of anilines is 1. The summed E-state index contributed by atoms with van der Waals surface area (Å²) in [6.45, 7) is 0. The number of benzene rings is 1. The summed E-state index contributed by atoms with van der Waals surface area (Å²) in [5.74, 6) is 0. The summed E-state index contributed by atoms with van der Waals surface area (Å²) in [6, 6.07) is 11.4. The van der Waals surface area contributed by atoms with Gasteiger partial charge >= 0.3 is 0 Å². The van der Waals surface area contributed by atoms with E-state index in [-0.39, 0.29) is 0 Å². The molecule has 15 heavy (non-hydrogen) atoms. The molecule has 2 aromatic rings. The van der Waals surface area contributed by atoms with E-state index in [0.29, 0.717) is 10.7 Å². The molecule has 0 aliphatic heterocycles. The van der Waals surface area contributed by atoms with E-state index in [0.717, 1.165) is 17.7 Å². The highest BCUT2D eigenvalue weighted by atomic mass is 35.5. The number of nitrogens with two attached hydrogens (primary N) is 1. The quantitative estimate of drug-likeness (QED) is 0.788. The topological polar surface area (TPSA) is 38.9 Å². The normalized spacial score (nSPS) is 10.2. The van der Waals surface area contributed by atoms with Crippen LogP contribution in [0.3, 0.4) is 0 Å². The summed E-state index contributed by atoms with van der Waals surface area (Å²) < 4.78 is 0. The summed E-state index contributed by atoms with van der Waals surface area (Å²) in [4.78, 5) is 4.25. The van der Waals surface area contributed by atoms with Gasteiger partial charge in [0.2, 0.25) is 0 Å². The van der Waals surface area contributed by atoms with E-state index in [1.807, 2.05) is 30.3 Å². The number of rotatable bonds is 2. The molecule has 0 radical (unpaired) electrons. The fourth-order valence-corrected chi connectivity index (χ4v) is 1.61. The number of nitrogen functional groups attached to an aromatic ring is 1. The van der Waals surface area contributed by atoms with Gasteiger partial charge in [0.25, 0.3) is 0 Å². The summed E-state index contributed by atoms with van der Waals surface area (Å²) in [5, 5.41) is 0.664. The van der Waals surface area contributed by atoms with Crippen LogP contribution in [0.4, 0.5) is 5.69 Å². The van der Waals surface area contributed by atoms with Crippen LogP contribution in [0, 0.1) is 0 Å². The Hall–Kier alpha value is -1.54. The smallest absolute Gasteiger partial charge is 0.0448 e. The Morgan fingerprint density at radius 3 is 2.73 bits per heavy atom. The number of hydrogen-bond donors (Lipinski definition) is 1. The Balaban J connectivity index is 2.25. The number of nitrogens with zero attached hydrogens (tertiary/aromatic N) is 1. The number of pyridine rings is 1. The predicted molar refractivity (Wildman–Crippen MR) is 62.9 cm³/mol. The Morgan fingerprint density at radius 1 is 1.20 bits per heavy atom. The molecule has 1 aromatic heterocycles. The second-order valence-corrected chi connectivity index (χ2v) is 3.78. The molecule has 2 nitrogen and oxygen atoms in total. The van der Waals surface area contributed by atoms with Gasteiger partial charge in [0.05, 0.1) is 0 Å². The lowest BCUT2D eigenvalue weighted by Gasteiger charge is -2.05. The molecule has 1 aromatic carbocycles. The van der Waals surface area contributed by atoms with E-state index in [2.05, 4.69) is 4.98 Å². The maximum absolute atomic E-state index is 5.86. The van der Waals surface area contributed by atoms with E-state index in [1.165, 1.54) is 0 Å². The molecular formula is C12H11ClN2. The average molecular weight is 219 g/mol. The molecule has 0 amide bonds. The molecule has 0 atom stereocenters.